The third-order valence-corrected chi connectivity index (χ3v) is 1.22. The van der Waals surface area contributed by atoms with Crippen LogP contribution in [0, 0.1) is 0 Å². The fourth-order valence-electron chi connectivity index (χ4n) is 0.227. The van der Waals surface area contributed by atoms with Gasteiger partial charge in [0.2, 0.25) is 0 Å². The summed E-state index contributed by atoms with van der Waals surface area (Å²) in [6.07, 6.45) is 0. The lowest BCUT2D eigenvalue weighted by atomic mass is 10.7. The quantitative estimate of drug-likeness (QED) is 0.434. The van der Waals surface area contributed by atoms with Crippen molar-refractivity contribution >= 4 is 23.3 Å². The second-order valence-electron chi connectivity index (χ2n) is 1.37. The first kappa shape index (κ1) is 9.64. The molecule has 1 aromatic heterocycles. The maximum absolute atomic E-state index is 8.93. The zero-order valence-electron chi connectivity index (χ0n) is 5.35. The van der Waals surface area contributed by atoms with E-state index in [-0.39, 0.29) is 0 Å². The van der Waals surface area contributed by atoms with Crippen molar-refractivity contribution in [3.05, 3.63) is 22.9 Å². The van der Waals surface area contributed by atoms with Gasteiger partial charge in [-0.05, 0) is 10.8 Å². The van der Waals surface area contributed by atoms with Crippen molar-refractivity contribution in [2.45, 2.75) is 0 Å². The van der Waals surface area contributed by atoms with E-state index in [0.717, 1.165) is 0 Å². The van der Waals surface area contributed by atoms with Crippen LogP contribution in [0.3, 0.4) is 0 Å². The van der Waals surface area contributed by atoms with Crippen molar-refractivity contribution in [1.29, 1.82) is 0 Å². The van der Waals surface area contributed by atoms with Gasteiger partial charge in [-0.1, -0.05) is 12.1 Å². The number of carbonyl (C=O) groups excluding carboxylic acids is 2. The largest absolute Gasteiger partial charge is 0.543 e. The standard InChI is InChI=1S/C4H4S.C2H2O4/c1-2-4-5-3-1;3-1(4)2(5)6/h1-4H;(H,3,4)(H,5,6)/p-2. The smallest absolute Gasteiger partial charge is 0.0870 e. The molecule has 0 radical (unpaired) electrons. The maximum atomic E-state index is 8.93. The lowest BCUT2D eigenvalue weighted by Crippen LogP contribution is -2.42. The molecular weight excluding hydrogens is 168 g/mol. The van der Waals surface area contributed by atoms with Crippen LogP contribution < -0.4 is 10.2 Å². The highest BCUT2D eigenvalue weighted by Crippen LogP contribution is 1.91. The maximum Gasteiger partial charge on any atom is 0.0870 e. The third kappa shape index (κ3) is 6.53. The minimum absolute atomic E-state index is 1.71. The van der Waals surface area contributed by atoms with Crippen LogP contribution in [0.25, 0.3) is 0 Å². The van der Waals surface area contributed by atoms with Crippen molar-refractivity contribution in [3.8, 4) is 0 Å². The molecule has 0 saturated carbocycles. The van der Waals surface area contributed by atoms with Gasteiger partial charge in [-0.15, -0.1) is 0 Å². The molecule has 1 rings (SSSR count). The number of carboxylic acid groups (broad SMARTS) is 2. The third-order valence-electron chi connectivity index (χ3n) is 0.592. The molecule has 0 amide bonds. The number of aliphatic carboxylic acids is 2. The van der Waals surface area contributed by atoms with Crippen molar-refractivity contribution < 1.29 is 19.8 Å². The minimum Gasteiger partial charge on any atom is -0.543 e. The molecule has 11 heavy (non-hydrogen) atoms. The molecule has 0 aromatic carbocycles. The molecule has 0 N–H and O–H groups in total. The van der Waals surface area contributed by atoms with Gasteiger partial charge in [0.05, 0.1) is 11.9 Å². The van der Waals surface area contributed by atoms with E-state index < -0.39 is 11.9 Å². The second-order valence-corrected chi connectivity index (χ2v) is 2.18. The van der Waals surface area contributed by atoms with Crippen LogP contribution in [0.5, 0.6) is 0 Å². The summed E-state index contributed by atoms with van der Waals surface area (Å²) in [5.41, 5.74) is 0. The van der Waals surface area contributed by atoms with Gasteiger partial charge in [0, 0.05) is 0 Å². The first-order valence-corrected chi connectivity index (χ1v) is 3.48. The molecule has 0 aliphatic heterocycles. The summed E-state index contributed by atoms with van der Waals surface area (Å²) < 4.78 is 0. The Hall–Kier alpha value is -1.36. The van der Waals surface area contributed by atoms with Crippen LogP contribution in [-0.2, 0) is 9.59 Å². The lowest BCUT2D eigenvalue weighted by molar-refractivity contribution is -0.345. The summed E-state index contributed by atoms with van der Waals surface area (Å²) in [7, 11) is 0. The van der Waals surface area contributed by atoms with Gasteiger partial charge < -0.3 is 19.8 Å². The Kier molecular flexibility index (Phi) is 4.76. The molecule has 4 nitrogen and oxygen atoms in total. The Balaban J connectivity index is 0.000000183. The Morgan fingerprint density at radius 1 is 1.00 bits per heavy atom. The summed E-state index contributed by atoms with van der Waals surface area (Å²) in [5.74, 6) is -4.37. The van der Waals surface area contributed by atoms with E-state index >= 15 is 0 Å². The Bertz CT molecular complexity index is 187. The molecule has 0 bridgehead atoms. The first-order chi connectivity index (χ1) is 5.14. The van der Waals surface area contributed by atoms with Crippen LogP contribution >= 0.6 is 11.3 Å². The predicted octanol–water partition coefficient (Wildman–Crippen LogP) is -1.77. The molecule has 0 atom stereocenters. The Morgan fingerprint density at radius 3 is 1.45 bits per heavy atom. The molecule has 60 valence electrons. The normalized spacial score (nSPS) is 7.64. The molecule has 1 heterocycles. The molecule has 0 aliphatic carbocycles. The van der Waals surface area contributed by atoms with Crippen LogP contribution in [0.15, 0.2) is 22.9 Å². The number of thiophene rings is 1. The van der Waals surface area contributed by atoms with Gasteiger partial charge >= 0.3 is 0 Å². The SMILES string of the molecule is O=C([O-])C(=O)[O-].c1ccsc1. The molecular formula is C6H4O4S-2. The van der Waals surface area contributed by atoms with Crippen LogP contribution in [0.2, 0.25) is 0 Å². The first-order valence-electron chi connectivity index (χ1n) is 2.54. The van der Waals surface area contributed by atoms with Gasteiger partial charge in [0.25, 0.3) is 0 Å². The average Bonchev–Trinajstić information content (AvgIpc) is 2.41. The van der Waals surface area contributed by atoms with Crippen molar-refractivity contribution in [2.75, 3.05) is 0 Å². The molecule has 0 aliphatic rings. The summed E-state index contributed by atoms with van der Waals surface area (Å²) >= 11 is 1.71. The molecule has 5 heteroatoms. The van der Waals surface area contributed by atoms with Crippen LogP contribution in [-0.4, -0.2) is 11.9 Å². The van der Waals surface area contributed by atoms with Crippen LogP contribution in [0.4, 0.5) is 0 Å². The van der Waals surface area contributed by atoms with E-state index in [9.17, 15) is 0 Å². The number of carboxylic acids is 2. The van der Waals surface area contributed by atoms with Gasteiger partial charge in [-0.2, -0.15) is 11.3 Å². The highest BCUT2D eigenvalue weighted by atomic mass is 32.1. The zero-order valence-corrected chi connectivity index (χ0v) is 6.17. The summed E-state index contributed by atoms with van der Waals surface area (Å²) in [6.45, 7) is 0. The zero-order chi connectivity index (χ0) is 8.69. The topological polar surface area (TPSA) is 80.3 Å². The van der Waals surface area contributed by atoms with E-state index in [0.29, 0.717) is 0 Å². The second kappa shape index (κ2) is 5.43. The number of rotatable bonds is 0. The summed E-state index contributed by atoms with van der Waals surface area (Å²) in [6, 6.07) is 4.04. The van der Waals surface area contributed by atoms with Crippen molar-refractivity contribution in [2.24, 2.45) is 0 Å². The van der Waals surface area contributed by atoms with E-state index in [1.807, 2.05) is 22.9 Å². The fourth-order valence-corrected chi connectivity index (χ4v) is 0.680. The van der Waals surface area contributed by atoms with Gasteiger partial charge in [0.1, 0.15) is 0 Å². The Morgan fingerprint density at radius 2 is 1.36 bits per heavy atom. The highest BCUT2D eigenvalue weighted by molar-refractivity contribution is 7.07. The van der Waals surface area contributed by atoms with Crippen molar-refractivity contribution in [1.82, 2.24) is 0 Å². The van der Waals surface area contributed by atoms with Crippen LogP contribution in [0.1, 0.15) is 0 Å². The number of hydrogen-bond donors (Lipinski definition) is 0. The highest BCUT2D eigenvalue weighted by Gasteiger charge is 1.74. The monoisotopic (exact) mass is 172 g/mol. The van der Waals surface area contributed by atoms with E-state index in [1.54, 1.807) is 11.3 Å². The van der Waals surface area contributed by atoms with E-state index in [4.69, 9.17) is 19.8 Å². The number of carbonyl (C=O) groups is 2. The fraction of sp³-hybridized carbons (Fsp3) is 0. The average molecular weight is 172 g/mol. The molecule has 1 aromatic rings. The van der Waals surface area contributed by atoms with Gasteiger partial charge in [0.15, 0.2) is 0 Å². The minimum atomic E-state index is -2.19. The molecule has 0 spiro atoms. The predicted molar refractivity (Wildman–Crippen MR) is 34.3 cm³/mol. The summed E-state index contributed by atoms with van der Waals surface area (Å²) in [5, 5.41) is 21.9. The summed E-state index contributed by atoms with van der Waals surface area (Å²) in [4.78, 5) is 17.9. The van der Waals surface area contributed by atoms with Gasteiger partial charge in [-0.3, -0.25) is 0 Å². The molecule has 0 fully saturated rings. The Labute approximate surface area is 66.7 Å². The molecule has 0 unspecified atom stereocenters. The van der Waals surface area contributed by atoms with E-state index in [2.05, 4.69) is 0 Å². The number of hydrogen-bond acceptors (Lipinski definition) is 5. The van der Waals surface area contributed by atoms with Gasteiger partial charge in [-0.25, -0.2) is 0 Å². The van der Waals surface area contributed by atoms with E-state index in [1.165, 1.54) is 0 Å². The lowest BCUT2D eigenvalue weighted by Gasteiger charge is -1.97. The molecule has 0 saturated heterocycles. The van der Waals surface area contributed by atoms with Crippen molar-refractivity contribution in [3.63, 3.8) is 0 Å².